The van der Waals surface area contributed by atoms with Gasteiger partial charge in [-0.05, 0) is 38.0 Å². The van der Waals surface area contributed by atoms with Crippen molar-refractivity contribution < 1.29 is 14.7 Å². The van der Waals surface area contributed by atoms with Crippen LogP contribution in [0, 0.1) is 5.92 Å². The molecule has 0 aromatic heterocycles. The maximum Gasteiger partial charge on any atom is 0.317 e. The Bertz CT molecular complexity index is 305. The zero-order valence-corrected chi connectivity index (χ0v) is 12.0. The van der Waals surface area contributed by atoms with Crippen molar-refractivity contribution in [1.29, 1.82) is 0 Å². The van der Waals surface area contributed by atoms with E-state index in [9.17, 15) is 9.59 Å². The van der Waals surface area contributed by atoms with Crippen molar-refractivity contribution in [1.82, 2.24) is 10.2 Å². The SMILES string of the molecule is CC(C)CCCNC(=O)N1CCCCC1CC(=O)O. The van der Waals surface area contributed by atoms with Crippen molar-refractivity contribution in [2.24, 2.45) is 5.92 Å². The van der Waals surface area contributed by atoms with E-state index in [1.54, 1.807) is 4.90 Å². The topological polar surface area (TPSA) is 69.6 Å². The number of carbonyl (C=O) groups is 2. The molecule has 1 aliphatic heterocycles. The van der Waals surface area contributed by atoms with Gasteiger partial charge in [0, 0.05) is 19.1 Å². The van der Waals surface area contributed by atoms with Gasteiger partial charge in [-0.2, -0.15) is 0 Å². The first-order chi connectivity index (χ1) is 9.00. The van der Waals surface area contributed by atoms with Crippen molar-refractivity contribution in [3.05, 3.63) is 0 Å². The first-order valence-corrected chi connectivity index (χ1v) is 7.27. The fourth-order valence-corrected chi connectivity index (χ4v) is 2.49. The number of carboxylic acid groups (broad SMARTS) is 1. The van der Waals surface area contributed by atoms with Gasteiger partial charge in [-0.25, -0.2) is 4.79 Å². The lowest BCUT2D eigenvalue weighted by atomic mass is 10.00. The van der Waals surface area contributed by atoms with Crippen LogP contribution in [0.2, 0.25) is 0 Å². The molecular formula is C14H26N2O3. The second kappa shape index (κ2) is 8.02. The highest BCUT2D eigenvalue weighted by atomic mass is 16.4. The number of hydrogen-bond acceptors (Lipinski definition) is 2. The Morgan fingerprint density at radius 2 is 2.11 bits per heavy atom. The maximum absolute atomic E-state index is 12.1. The lowest BCUT2D eigenvalue weighted by molar-refractivity contribution is -0.138. The van der Waals surface area contributed by atoms with Crippen LogP contribution in [-0.4, -0.2) is 41.1 Å². The number of amides is 2. The molecule has 1 fully saturated rings. The summed E-state index contributed by atoms with van der Waals surface area (Å²) in [6.07, 6.45) is 4.90. The van der Waals surface area contributed by atoms with Crippen molar-refractivity contribution >= 4 is 12.0 Å². The first kappa shape index (κ1) is 15.8. The summed E-state index contributed by atoms with van der Waals surface area (Å²) in [5.41, 5.74) is 0. The predicted octanol–water partition coefficient (Wildman–Crippen LogP) is 2.46. The number of rotatable bonds is 6. The van der Waals surface area contributed by atoms with Gasteiger partial charge in [-0.3, -0.25) is 4.79 Å². The van der Waals surface area contributed by atoms with E-state index in [1.807, 2.05) is 0 Å². The van der Waals surface area contributed by atoms with Gasteiger partial charge in [-0.15, -0.1) is 0 Å². The minimum Gasteiger partial charge on any atom is -0.481 e. The summed E-state index contributed by atoms with van der Waals surface area (Å²) in [5.74, 6) is -0.184. The molecule has 0 bridgehead atoms. The Hall–Kier alpha value is -1.26. The van der Waals surface area contributed by atoms with E-state index in [4.69, 9.17) is 5.11 Å². The number of hydrogen-bond donors (Lipinski definition) is 2. The third-order valence-corrected chi connectivity index (χ3v) is 3.53. The number of urea groups is 1. The standard InChI is InChI=1S/C14H26N2O3/c1-11(2)6-5-8-15-14(19)16-9-4-3-7-12(16)10-13(17)18/h11-12H,3-10H2,1-2H3,(H,15,19)(H,17,18). The van der Waals surface area contributed by atoms with Crippen LogP contribution in [0.25, 0.3) is 0 Å². The van der Waals surface area contributed by atoms with Crippen LogP contribution in [0.1, 0.15) is 52.4 Å². The van der Waals surface area contributed by atoms with E-state index in [0.717, 1.165) is 32.1 Å². The second-order valence-corrected chi connectivity index (χ2v) is 5.71. The van der Waals surface area contributed by atoms with Gasteiger partial charge in [-0.1, -0.05) is 13.8 Å². The monoisotopic (exact) mass is 270 g/mol. The second-order valence-electron chi connectivity index (χ2n) is 5.71. The lowest BCUT2D eigenvalue weighted by Gasteiger charge is -2.34. The summed E-state index contributed by atoms with van der Waals surface area (Å²) in [5, 5.41) is 11.8. The van der Waals surface area contributed by atoms with Gasteiger partial charge in [0.15, 0.2) is 0 Å². The molecule has 2 N–H and O–H groups in total. The molecule has 5 nitrogen and oxygen atoms in total. The Balaban J connectivity index is 2.37. The van der Waals surface area contributed by atoms with Gasteiger partial charge in [0.25, 0.3) is 0 Å². The molecule has 1 aliphatic rings. The van der Waals surface area contributed by atoms with E-state index >= 15 is 0 Å². The van der Waals surface area contributed by atoms with Crippen LogP contribution >= 0.6 is 0 Å². The molecule has 0 aromatic carbocycles. The van der Waals surface area contributed by atoms with Crippen molar-refractivity contribution in [3.8, 4) is 0 Å². The fourth-order valence-electron chi connectivity index (χ4n) is 2.49. The maximum atomic E-state index is 12.1. The molecule has 1 unspecified atom stereocenters. The van der Waals surface area contributed by atoms with E-state index < -0.39 is 5.97 Å². The summed E-state index contributed by atoms with van der Waals surface area (Å²) in [6.45, 7) is 5.67. The van der Waals surface area contributed by atoms with E-state index in [2.05, 4.69) is 19.2 Å². The Labute approximate surface area is 115 Å². The molecule has 0 saturated carbocycles. The summed E-state index contributed by atoms with van der Waals surface area (Å²) >= 11 is 0. The number of carbonyl (C=O) groups excluding carboxylic acids is 1. The van der Waals surface area contributed by atoms with Crippen LogP contribution in [0.4, 0.5) is 4.79 Å². The fraction of sp³-hybridized carbons (Fsp3) is 0.857. The third kappa shape index (κ3) is 5.94. The van der Waals surface area contributed by atoms with Crippen LogP contribution in [0.5, 0.6) is 0 Å². The quantitative estimate of drug-likeness (QED) is 0.728. The summed E-state index contributed by atoms with van der Waals surface area (Å²) < 4.78 is 0. The van der Waals surface area contributed by atoms with Crippen molar-refractivity contribution in [2.45, 2.75) is 58.4 Å². The Morgan fingerprint density at radius 3 is 2.74 bits per heavy atom. The molecule has 19 heavy (non-hydrogen) atoms. The van der Waals surface area contributed by atoms with Gasteiger partial charge >= 0.3 is 12.0 Å². The number of piperidine rings is 1. The summed E-state index contributed by atoms with van der Waals surface area (Å²) in [6, 6.07) is -0.244. The Morgan fingerprint density at radius 1 is 1.37 bits per heavy atom. The molecule has 1 saturated heterocycles. The smallest absolute Gasteiger partial charge is 0.317 e. The predicted molar refractivity (Wildman–Crippen MR) is 74.1 cm³/mol. The number of likely N-dealkylation sites (tertiary alicyclic amines) is 1. The molecule has 0 spiro atoms. The van der Waals surface area contributed by atoms with Gasteiger partial charge in [0.1, 0.15) is 0 Å². The molecule has 0 aliphatic carbocycles. The lowest BCUT2D eigenvalue weighted by Crippen LogP contribution is -2.49. The normalized spacial score (nSPS) is 19.5. The van der Waals surface area contributed by atoms with Crippen LogP contribution in [-0.2, 0) is 4.79 Å². The number of carboxylic acids is 1. The van der Waals surface area contributed by atoms with E-state index in [-0.39, 0.29) is 18.5 Å². The molecule has 110 valence electrons. The van der Waals surface area contributed by atoms with Crippen LogP contribution in [0.15, 0.2) is 0 Å². The highest BCUT2D eigenvalue weighted by Crippen LogP contribution is 2.19. The van der Waals surface area contributed by atoms with Crippen LogP contribution < -0.4 is 5.32 Å². The molecule has 0 aromatic rings. The van der Waals surface area contributed by atoms with Gasteiger partial charge < -0.3 is 15.3 Å². The molecule has 1 heterocycles. The Kier molecular flexibility index (Phi) is 6.67. The minimum atomic E-state index is -0.829. The number of nitrogens with one attached hydrogen (secondary N) is 1. The zero-order chi connectivity index (χ0) is 14.3. The number of aliphatic carboxylic acids is 1. The summed E-state index contributed by atoms with van der Waals surface area (Å²) in [4.78, 5) is 24.6. The van der Waals surface area contributed by atoms with Gasteiger partial charge in [0.2, 0.25) is 0 Å². The minimum absolute atomic E-state index is 0.0550. The molecule has 0 radical (unpaired) electrons. The molecule has 1 atom stereocenters. The molecular weight excluding hydrogens is 244 g/mol. The molecule has 2 amide bonds. The summed E-state index contributed by atoms with van der Waals surface area (Å²) in [7, 11) is 0. The van der Waals surface area contributed by atoms with Crippen molar-refractivity contribution in [2.75, 3.05) is 13.1 Å². The highest BCUT2D eigenvalue weighted by Gasteiger charge is 2.28. The molecule has 1 rings (SSSR count). The molecule has 5 heteroatoms. The van der Waals surface area contributed by atoms with Crippen molar-refractivity contribution in [3.63, 3.8) is 0 Å². The van der Waals surface area contributed by atoms with Crippen LogP contribution in [0.3, 0.4) is 0 Å². The highest BCUT2D eigenvalue weighted by molar-refractivity contribution is 5.76. The largest absolute Gasteiger partial charge is 0.481 e. The number of nitrogens with zero attached hydrogens (tertiary/aromatic N) is 1. The van der Waals surface area contributed by atoms with Gasteiger partial charge in [0.05, 0.1) is 6.42 Å². The average Bonchev–Trinajstić information content (AvgIpc) is 2.34. The van der Waals surface area contributed by atoms with E-state index in [0.29, 0.717) is 19.0 Å². The first-order valence-electron chi connectivity index (χ1n) is 7.27. The third-order valence-electron chi connectivity index (χ3n) is 3.53. The zero-order valence-electron chi connectivity index (χ0n) is 12.0. The van der Waals surface area contributed by atoms with E-state index in [1.165, 1.54) is 0 Å². The average molecular weight is 270 g/mol.